The Labute approximate surface area is 124 Å². The molecular formula is C16H18N4O. The maximum absolute atomic E-state index is 12.4. The largest absolute Gasteiger partial charge is 0.397 e. The summed E-state index contributed by atoms with van der Waals surface area (Å²) in [6.45, 7) is 5.85. The molecule has 0 aliphatic heterocycles. The third-order valence-corrected chi connectivity index (χ3v) is 3.27. The molecule has 2 rings (SSSR count). The van der Waals surface area contributed by atoms with Gasteiger partial charge in [0.25, 0.3) is 5.91 Å². The fraction of sp³-hybridized carbons (Fsp3) is 0.250. The van der Waals surface area contributed by atoms with Crippen molar-refractivity contribution in [2.75, 3.05) is 11.1 Å². The fourth-order valence-electron chi connectivity index (χ4n) is 2.12. The summed E-state index contributed by atoms with van der Waals surface area (Å²) in [6.07, 6.45) is 1.75. The monoisotopic (exact) mass is 282 g/mol. The Morgan fingerprint density at radius 1 is 1.38 bits per heavy atom. The van der Waals surface area contributed by atoms with Gasteiger partial charge in [0.15, 0.2) is 0 Å². The number of hydrogen-bond acceptors (Lipinski definition) is 3. The quantitative estimate of drug-likeness (QED) is 0.907. The summed E-state index contributed by atoms with van der Waals surface area (Å²) in [6, 6.07) is 9.05. The molecule has 0 saturated carbocycles. The highest BCUT2D eigenvalue weighted by Crippen LogP contribution is 2.20. The Kier molecular flexibility index (Phi) is 3.99. The molecule has 0 aliphatic carbocycles. The van der Waals surface area contributed by atoms with E-state index in [9.17, 15) is 4.79 Å². The molecule has 0 unspecified atom stereocenters. The highest BCUT2D eigenvalue weighted by molar-refractivity contribution is 6.04. The molecule has 0 atom stereocenters. The third-order valence-electron chi connectivity index (χ3n) is 3.27. The number of aromatic nitrogens is 1. The number of nitriles is 1. The minimum atomic E-state index is -0.237. The van der Waals surface area contributed by atoms with Crippen LogP contribution < -0.4 is 11.1 Å². The minimum absolute atomic E-state index is 0.134. The van der Waals surface area contributed by atoms with Crippen molar-refractivity contribution in [1.29, 1.82) is 5.26 Å². The van der Waals surface area contributed by atoms with Gasteiger partial charge in [-0.3, -0.25) is 4.79 Å². The van der Waals surface area contributed by atoms with Gasteiger partial charge in [-0.25, -0.2) is 0 Å². The number of nitrogen functional groups attached to an aromatic ring is 1. The second kappa shape index (κ2) is 5.71. The molecule has 0 spiro atoms. The number of carbonyl (C=O) groups is 1. The van der Waals surface area contributed by atoms with E-state index in [0.717, 1.165) is 5.56 Å². The van der Waals surface area contributed by atoms with E-state index in [4.69, 9.17) is 11.0 Å². The predicted octanol–water partition coefficient (Wildman–Crippen LogP) is 3.08. The molecule has 5 heteroatoms. The lowest BCUT2D eigenvalue weighted by molar-refractivity contribution is 0.101. The lowest BCUT2D eigenvalue weighted by Crippen LogP contribution is -2.18. The van der Waals surface area contributed by atoms with Crippen LogP contribution in [0.4, 0.5) is 11.4 Å². The second-order valence-corrected chi connectivity index (χ2v) is 5.26. The van der Waals surface area contributed by atoms with Gasteiger partial charge in [-0.2, -0.15) is 5.26 Å². The van der Waals surface area contributed by atoms with Gasteiger partial charge in [0.1, 0.15) is 5.69 Å². The highest BCUT2D eigenvalue weighted by atomic mass is 16.1. The van der Waals surface area contributed by atoms with Crippen LogP contribution in [0.1, 0.15) is 41.5 Å². The molecule has 21 heavy (non-hydrogen) atoms. The van der Waals surface area contributed by atoms with Crippen molar-refractivity contribution in [2.24, 2.45) is 0 Å². The van der Waals surface area contributed by atoms with Crippen LogP contribution in [-0.4, -0.2) is 10.5 Å². The average Bonchev–Trinajstić information content (AvgIpc) is 2.83. The summed E-state index contributed by atoms with van der Waals surface area (Å²) in [5.41, 5.74) is 8.88. The number of nitrogens with one attached hydrogen (secondary N) is 1. The molecule has 5 nitrogen and oxygen atoms in total. The van der Waals surface area contributed by atoms with E-state index in [-0.39, 0.29) is 11.9 Å². The average molecular weight is 282 g/mol. The molecule has 0 saturated heterocycles. The van der Waals surface area contributed by atoms with Crippen molar-refractivity contribution < 1.29 is 4.79 Å². The lowest BCUT2D eigenvalue weighted by atomic mass is 10.1. The first-order chi connectivity index (χ1) is 9.92. The fourth-order valence-corrected chi connectivity index (χ4v) is 2.12. The van der Waals surface area contributed by atoms with Crippen molar-refractivity contribution in [3.05, 3.63) is 47.3 Å². The normalized spacial score (nSPS) is 10.4. The van der Waals surface area contributed by atoms with E-state index in [2.05, 4.69) is 11.4 Å². The Balaban J connectivity index is 2.33. The molecule has 1 heterocycles. The highest BCUT2D eigenvalue weighted by Gasteiger charge is 2.15. The van der Waals surface area contributed by atoms with E-state index >= 15 is 0 Å². The Bertz CT molecular complexity index is 722. The minimum Gasteiger partial charge on any atom is -0.397 e. The van der Waals surface area contributed by atoms with Gasteiger partial charge in [-0.15, -0.1) is 0 Å². The number of nitrogens with two attached hydrogens (primary N) is 1. The smallest absolute Gasteiger partial charge is 0.272 e. The van der Waals surface area contributed by atoms with Crippen LogP contribution in [0.2, 0.25) is 0 Å². The number of amides is 1. The van der Waals surface area contributed by atoms with Crippen LogP contribution in [0.5, 0.6) is 0 Å². The van der Waals surface area contributed by atoms with Crippen LogP contribution in [0, 0.1) is 18.3 Å². The van der Waals surface area contributed by atoms with E-state index in [1.54, 1.807) is 24.4 Å². The zero-order valence-corrected chi connectivity index (χ0v) is 12.3. The summed E-state index contributed by atoms with van der Waals surface area (Å²) in [5.74, 6) is -0.237. The Morgan fingerprint density at radius 3 is 2.71 bits per heavy atom. The molecule has 0 radical (unpaired) electrons. The van der Waals surface area contributed by atoms with Crippen LogP contribution in [0.25, 0.3) is 0 Å². The lowest BCUT2D eigenvalue weighted by Gasteiger charge is -2.13. The number of nitrogens with zero attached hydrogens (tertiary/aromatic N) is 2. The van der Waals surface area contributed by atoms with Gasteiger partial charge in [0.05, 0.1) is 17.3 Å². The molecule has 1 aromatic carbocycles. The van der Waals surface area contributed by atoms with Gasteiger partial charge in [-0.1, -0.05) is 6.07 Å². The van der Waals surface area contributed by atoms with Crippen molar-refractivity contribution in [2.45, 2.75) is 26.8 Å². The Morgan fingerprint density at radius 2 is 2.10 bits per heavy atom. The first-order valence-corrected chi connectivity index (χ1v) is 6.72. The van der Waals surface area contributed by atoms with E-state index < -0.39 is 0 Å². The summed E-state index contributed by atoms with van der Waals surface area (Å²) in [4.78, 5) is 12.4. The molecule has 0 fully saturated rings. The molecule has 1 amide bonds. The number of anilines is 2. The molecule has 0 bridgehead atoms. The number of carbonyl (C=O) groups excluding carboxylic acids is 1. The number of hydrogen-bond donors (Lipinski definition) is 2. The second-order valence-electron chi connectivity index (χ2n) is 5.26. The van der Waals surface area contributed by atoms with Crippen molar-refractivity contribution in [3.63, 3.8) is 0 Å². The zero-order valence-electron chi connectivity index (χ0n) is 12.3. The van der Waals surface area contributed by atoms with E-state index in [1.807, 2.05) is 31.4 Å². The summed E-state index contributed by atoms with van der Waals surface area (Å²) >= 11 is 0. The topological polar surface area (TPSA) is 83.8 Å². The molecule has 1 aromatic heterocycles. The summed E-state index contributed by atoms with van der Waals surface area (Å²) in [5, 5.41) is 11.8. The predicted molar refractivity (Wildman–Crippen MR) is 83.1 cm³/mol. The van der Waals surface area contributed by atoms with Crippen molar-refractivity contribution >= 4 is 17.3 Å². The van der Waals surface area contributed by atoms with Gasteiger partial charge < -0.3 is 15.6 Å². The van der Waals surface area contributed by atoms with Gasteiger partial charge in [0.2, 0.25) is 0 Å². The van der Waals surface area contributed by atoms with Gasteiger partial charge in [0, 0.05) is 17.9 Å². The van der Waals surface area contributed by atoms with Gasteiger partial charge in [-0.05, 0) is 44.5 Å². The van der Waals surface area contributed by atoms with E-state index in [1.165, 1.54) is 0 Å². The zero-order chi connectivity index (χ0) is 15.6. The van der Waals surface area contributed by atoms with Crippen molar-refractivity contribution in [3.8, 4) is 6.07 Å². The standard InChI is InChI=1S/C16H18N4O/c1-10(2)20-9-13(18)7-15(20)16(21)19-14-6-12(8-17)5-4-11(14)3/h4-7,9-10H,18H2,1-3H3,(H,19,21). The SMILES string of the molecule is Cc1ccc(C#N)cc1NC(=O)c1cc(N)cn1C(C)C. The summed E-state index contributed by atoms with van der Waals surface area (Å²) < 4.78 is 1.83. The van der Waals surface area contributed by atoms with Crippen LogP contribution >= 0.6 is 0 Å². The molecule has 0 aliphatic rings. The third kappa shape index (κ3) is 3.06. The number of benzene rings is 1. The Hall–Kier alpha value is -2.74. The maximum Gasteiger partial charge on any atom is 0.272 e. The molecule has 2 aromatic rings. The van der Waals surface area contributed by atoms with E-state index in [0.29, 0.717) is 22.6 Å². The maximum atomic E-state index is 12.4. The van der Waals surface area contributed by atoms with Gasteiger partial charge >= 0.3 is 0 Å². The number of rotatable bonds is 3. The first-order valence-electron chi connectivity index (χ1n) is 6.72. The molecular weight excluding hydrogens is 264 g/mol. The number of aryl methyl sites for hydroxylation is 1. The van der Waals surface area contributed by atoms with Crippen LogP contribution in [0.15, 0.2) is 30.5 Å². The molecule has 3 N–H and O–H groups in total. The van der Waals surface area contributed by atoms with Crippen LogP contribution in [-0.2, 0) is 0 Å². The first kappa shape index (κ1) is 14.7. The van der Waals surface area contributed by atoms with Crippen LogP contribution in [0.3, 0.4) is 0 Å². The molecule has 108 valence electrons. The summed E-state index contributed by atoms with van der Waals surface area (Å²) in [7, 11) is 0. The van der Waals surface area contributed by atoms with Crippen molar-refractivity contribution in [1.82, 2.24) is 4.57 Å².